The molecule has 0 spiro atoms. The van der Waals surface area contributed by atoms with Gasteiger partial charge >= 0.3 is 0 Å². The van der Waals surface area contributed by atoms with Gasteiger partial charge in [0.05, 0.1) is 0 Å². The molecule has 0 aromatic rings. The van der Waals surface area contributed by atoms with Crippen LogP contribution in [0.2, 0.25) is 0 Å². The first-order chi connectivity index (χ1) is 0. The molecule has 0 rings (SSSR count). The Morgan fingerprint density at radius 2 is 1.00 bits per heavy atom. The van der Waals surface area contributed by atoms with Crippen LogP contribution in [0, 0.1) is 0 Å². The van der Waals surface area contributed by atoms with Crippen LogP contribution in [0.3, 0.4) is 0 Å². The van der Waals surface area contributed by atoms with E-state index in [1.54, 1.807) is 0 Å². The fourth-order valence-electron chi connectivity index (χ4n) is 0. The average molecular weight is 359 g/mol. The molecule has 4 radical (unpaired) electrons. The van der Waals surface area contributed by atoms with Crippen LogP contribution in [-0.4, -0.2) is 17.1 Å². The van der Waals surface area contributed by atoms with E-state index in [4.69, 9.17) is 0 Å². The molecule has 0 fully saturated rings. The van der Waals surface area contributed by atoms with Gasteiger partial charge < -0.3 is 0 Å². The van der Waals surface area contributed by atoms with Gasteiger partial charge in [0.25, 0.3) is 0 Å². The van der Waals surface area contributed by atoms with Crippen LogP contribution < -0.4 is 0 Å². The molecule has 0 amide bonds. The molecule has 0 aromatic carbocycles. The smallest absolute Gasteiger partial charge is 0 e. The normalized spacial score (nSPS) is 0. The van der Waals surface area contributed by atoms with Crippen molar-refractivity contribution in [2.24, 2.45) is 0 Å². The summed E-state index contributed by atoms with van der Waals surface area (Å²) in [7, 11) is 0. The molecule has 0 aromatic heterocycles. The van der Waals surface area contributed by atoms with Gasteiger partial charge in [0.2, 0.25) is 0 Å². The second-order valence-electron chi connectivity index (χ2n) is 0. The fourth-order valence-corrected chi connectivity index (χ4v) is 0. The van der Waals surface area contributed by atoms with Crippen LogP contribution in [0.15, 0.2) is 0 Å². The standard InChI is InChI=1S/Cu.Mn.Mo.Se.Zn. The van der Waals surface area contributed by atoms with E-state index >= 15 is 0 Å². The molecular formula is CuMnMoSeZn. The molecule has 0 saturated carbocycles. The maximum Gasteiger partial charge on any atom is 0 e. The minimum Gasteiger partial charge on any atom is 0 e. The van der Waals surface area contributed by atoms with Crippen molar-refractivity contribution in [3.63, 3.8) is 0 Å². The molecule has 32 valence electrons. The first-order valence-corrected chi connectivity index (χ1v) is 0. The van der Waals surface area contributed by atoms with E-state index in [1.807, 2.05) is 0 Å². The van der Waals surface area contributed by atoms with E-state index in [9.17, 15) is 0 Å². The Morgan fingerprint density at radius 3 is 1.00 bits per heavy atom. The number of rotatable bonds is 0. The number of hydrogen-bond acceptors (Lipinski definition) is 0. The maximum atomic E-state index is 0. The zero-order valence-electron chi connectivity index (χ0n) is 2.20. The monoisotopic (exact) mass is 360 g/mol. The van der Waals surface area contributed by atoms with Gasteiger partial charge in [-0.05, 0) is 0 Å². The zero-order chi connectivity index (χ0) is 0. The van der Waals surface area contributed by atoms with Gasteiger partial charge in [-0.3, -0.25) is 0 Å². The molecule has 0 heterocycles. The van der Waals surface area contributed by atoms with Gasteiger partial charge in [-0.25, -0.2) is 0 Å². The molecule has 0 N–H and O–H groups in total. The molecule has 0 aliphatic rings. The minimum atomic E-state index is 0. The van der Waals surface area contributed by atoms with Gasteiger partial charge in [-0.2, -0.15) is 0 Å². The molecule has 5 heteroatoms. The first-order valence-electron chi connectivity index (χ1n) is 0. The largest absolute Gasteiger partial charge is 0 e. The van der Waals surface area contributed by atoms with E-state index in [0.717, 1.165) is 0 Å². The van der Waals surface area contributed by atoms with E-state index in [-0.39, 0.29) is 91.7 Å². The van der Waals surface area contributed by atoms with Gasteiger partial charge in [0.15, 0.2) is 0 Å². The van der Waals surface area contributed by atoms with Crippen molar-refractivity contribution in [1.29, 1.82) is 0 Å². The molecule has 0 aliphatic carbocycles. The Labute approximate surface area is 90.4 Å². The SMILES string of the molecule is [Cu].[Mn].[Mo].[Se].[Zn]. The van der Waals surface area contributed by atoms with Crippen molar-refractivity contribution in [3.8, 4) is 0 Å². The van der Waals surface area contributed by atoms with Crippen molar-refractivity contribution in [1.82, 2.24) is 0 Å². The molecule has 0 unspecified atom stereocenters. The molecule has 0 aliphatic heterocycles. The second-order valence-corrected chi connectivity index (χ2v) is 0. The summed E-state index contributed by atoms with van der Waals surface area (Å²) in [5.41, 5.74) is 0. The third kappa shape index (κ3) is 19.8. The van der Waals surface area contributed by atoms with Gasteiger partial charge in [0.1, 0.15) is 0 Å². The molecule has 0 saturated heterocycles. The van der Waals surface area contributed by atoms with Crippen LogP contribution in [0.1, 0.15) is 0 Å². The van der Waals surface area contributed by atoms with Crippen LogP contribution in [0.5, 0.6) is 0 Å². The number of hydrogen-bond donors (Lipinski definition) is 0. The summed E-state index contributed by atoms with van der Waals surface area (Å²) in [6.45, 7) is 0. The summed E-state index contributed by atoms with van der Waals surface area (Å²) in [6, 6.07) is 0. The Morgan fingerprint density at radius 1 is 1.00 bits per heavy atom. The van der Waals surface area contributed by atoms with Gasteiger partial charge in [-0.15, -0.1) is 0 Å². The zero-order valence-corrected chi connectivity index (χ0v) is 11.0. The second kappa shape index (κ2) is 28.7. The molecule has 0 atom stereocenters. The fraction of sp³-hybridized carbons (Fsp3) is 0. The van der Waals surface area contributed by atoms with E-state index in [1.165, 1.54) is 0 Å². The topological polar surface area (TPSA) is 0 Å². The van der Waals surface area contributed by atoms with Crippen molar-refractivity contribution in [3.05, 3.63) is 0 Å². The van der Waals surface area contributed by atoms with Crippen LogP contribution in [0.25, 0.3) is 0 Å². The van der Waals surface area contributed by atoms with Crippen LogP contribution in [0.4, 0.5) is 0 Å². The summed E-state index contributed by atoms with van der Waals surface area (Å²) >= 11 is 0. The molecular weight excluding hydrogens is 359 g/mol. The average Bonchev–Trinajstić information content (AvgIpc) is 0. The summed E-state index contributed by atoms with van der Waals surface area (Å²) < 4.78 is 0. The Balaban J connectivity index is 0. The first kappa shape index (κ1) is 45.1. The molecule has 0 bridgehead atoms. The van der Waals surface area contributed by atoms with Crippen LogP contribution >= 0.6 is 0 Å². The van der Waals surface area contributed by atoms with E-state index < -0.39 is 0 Å². The summed E-state index contributed by atoms with van der Waals surface area (Å²) in [5, 5.41) is 0. The quantitative estimate of drug-likeness (QED) is 0.517. The summed E-state index contributed by atoms with van der Waals surface area (Å²) in [6.07, 6.45) is 0. The maximum absolute atomic E-state index is 0. The molecule has 0 nitrogen and oxygen atoms in total. The predicted octanol–water partition coefficient (Wildman–Crippen LogP) is -0.391. The van der Waals surface area contributed by atoms with Crippen molar-refractivity contribution >= 4 is 17.1 Å². The molecule has 5 heavy (non-hydrogen) atoms. The van der Waals surface area contributed by atoms with Crippen LogP contribution in [-0.2, 0) is 74.7 Å². The Bertz CT molecular complexity index is 11.6. The van der Waals surface area contributed by atoms with E-state index in [0.29, 0.717) is 0 Å². The minimum absolute atomic E-state index is 0. The summed E-state index contributed by atoms with van der Waals surface area (Å²) in [5.74, 6) is 0. The Hall–Kier alpha value is 2.87. The third-order valence-electron chi connectivity index (χ3n) is 0. The Kier molecular flexibility index (Phi) is 259. The van der Waals surface area contributed by atoms with Crippen molar-refractivity contribution in [2.45, 2.75) is 0 Å². The third-order valence-corrected chi connectivity index (χ3v) is 0. The predicted molar refractivity (Wildman–Crippen MR) is 5.75 cm³/mol. The van der Waals surface area contributed by atoms with Gasteiger partial charge in [0, 0.05) is 91.7 Å². The van der Waals surface area contributed by atoms with E-state index in [2.05, 4.69) is 0 Å². The van der Waals surface area contributed by atoms with Crippen molar-refractivity contribution in [2.75, 3.05) is 0 Å². The van der Waals surface area contributed by atoms with Crippen molar-refractivity contribution < 1.29 is 74.7 Å². The summed E-state index contributed by atoms with van der Waals surface area (Å²) in [4.78, 5) is 0. The van der Waals surface area contributed by atoms with Gasteiger partial charge in [-0.1, -0.05) is 0 Å².